The van der Waals surface area contributed by atoms with Gasteiger partial charge in [0, 0.05) is 18.3 Å². The van der Waals surface area contributed by atoms with E-state index >= 15 is 0 Å². The predicted molar refractivity (Wildman–Crippen MR) is 76.5 cm³/mol. The first kappa shape index (κ1) is 13.3. The number of rotatable bonds is 5. The van der Waals surface area contributed by atoms with Crippen molar-refractivity contribution in [2.75, 3.05) is 17.1 Å². The maximum absolute atomic E-state index is 12.2. The normalized spacial score (nSPS) is 15.1. The van der Waals surface area contributed by atoms with Gasteiger partial charge in [0.05, 0.1) is 18.1 Å². The Labute approximate surface area is 120 Å². The summed E-state index contributed by atoms with van der Waals surface area (Å²) in [5.41, 5.74) is 0.967. The molecule has 0 atom stereocenters. The highest BCUT2D eigenvalue weighted by Crippen LogP contribution is 2.41. The highest BCUT2D eigenvalue weighted by Gasteiger charge is 2.27. The molecule has 0 amide bonds. The van der Waals surface area contributed by atoms with Crippen molar-refractivity contribution in [2.45, 2.75) is 23.7 Å². The van der Waals surface area contributed by atoms with Gasteiger partial charge in [-0.15, -0.1) is 11.3 Å². The summed E-state index contributed by atoms with van der Waals surface area (Å²) in [7, 11) is -2.02. The first-order chi connectivity index (χ1) is 9.58. The van der Waals surface area contributed by atoms with Crippen molar-refractivity contribution in [1.29, 1.82) is 0 Å². The van der Waals surface area contributed by atoms with Crippen LogP contribution in [-0.4, -0.2) is 30.4 Å². The average molecular weight is 311 g/mol. The summed E-state index contributed by atoms with van der Waals surface area (Å²) in [6.07, 6.45) is 4.79. The van der Waals surface area contributed by atoms with Crippen LogP contribution in [0.3, 0.4) is 0 Å². The number of hydrogen-bond donors (Lipinski definition) is 2. The van der Waals surface area contributed by atoms with Gasteiger partial charge in [-0.25, -0.2) is 23.4 Å². The van der Waals surface area contributed by atoms with E-state index in [9.17, 15) is 8.42 Å². The van der Waals surface area contributed by atoms with Gasteiger partial charge >= 0.3 is 0 Å². The molecule has 9 heteroatoms. The van der Waals surface area contributed by atoms with E-state index in [1.165, 1.54) is 23.7 Å². The highest BCUT2D eigenvalue weighted by atomic mass is 32.2. The molecule has 2 aromatic rings. The van der Waals surface area contributed by atoms with Crippen LogP contribution in [0.25, 0.3) is 0 Å². The van der Waals surface area contributed by atoms with Crippen LogP contribution in [0.1, 0.15) is 24.5 Å². The number of nitrogens with zero attached hydrogens (tertiary/aromatic N) is 3. The standard InChI is InChI=1S/C11H13N5O2S2/c1-12-10-13-4-8(5-14-10)20(17,18)16-11-15-9(6-19-11)7-2-3-7/h4-7H,2-3H2,1H3,(H,15,16)(H,12,13,14). The monoisotopic (exact) mass is 311 g/mol. The topological polar surface area (TPSA) is 96.9 Å². The molecule has 106 valence electrons. The smallest absolute Gasteiger partial charge is 0.266 e. The number of aromatic nitrogens is 3. The van der Waals surface area contributed by atoms with Crippen LogP contribution in [0.4, 0.5) is 11.1 Å². The van der Waals surface area contributed by atoms with Crippen molar-refractivity contribution in [3.8, 4) is 0 Å². The van der Waals surface area contributed by atoms with Crippen LogP contribution >= 0.6 is 11.3 Å². The summed E-state index contributed by atoms with van der Waals surface area (Å²) in [6, 6.07) is 0. The van der Waals surface area contributed by atoms with Crippen LogP contribution in [0.15, 0.2) is 22.7 Å². The van der Waals surface area contributed by atoms with E-state index in [0.717, 1.165) is 18.5 Å². The summed E-state index contributed by atoms with van der Waals surface area (Å²) in [5.74, 6) is 0.872. The number of sulfonamides is 1. The second-order valence-electron chi connectivity index (χ2n) is 4.45. The Morgan fingerprint density at radius 1 is 1.30 bits per heavy atom. The molecular formula is C11H13N5O2S2. The maximum atomic E-state index is 12.2. The highest BCUT2D eigenvalue weighted by molar-refractivity contribution is 7.93. The lowest BCUT2D eigenvalue weighted by atomic mass is 10.3. The molecule has 1 saturated carbocycles. The van der Waals surface area contributed by atoms with Gasteiger partial charge in [0.15, 0.2) is 5.13 Å². The van der Waals surface area contributed by atoms with Crippen LogP contribution in [0.5, 0.6) is 0 Å². The molecule has 0 aromatic carbocycles. The molecule has 0 unspecified atom stereocenters. The summed E-state index contributed by atoms with van der Waals surface area (Å²) in [5, 5.41) is 5.01. The van der Waals surface area contributed by atoms with E-state index in [2.05, 4.69) is 25.0 Å². The molecule has 0 bridgehead atoms. The minimum atomic E-state index is -3.69. The summed E-state index contributed by atoms with van der Waals surface area (Å²) >= 11 is 1.29. The van der Waals surface area contributed by atoms with Crippen LogP contribution < -0.4 is 10.0 Å². The fraction of sp³-hybridized carbons (Fsp3) is 0.364. The number of anilines is 2. The largest absolute Gasteiger partial charge is 0.357 e. The average Bonchev–Trinajstić information content (AvgIpc) is 3.20. The maximum Gasteiger partial charge on any atom is 0.266 e. The molecule has 7 nitrogen and oxygen atoms in total. The Balaban J connectivity index is 1.79. The minimum Gasteiger partial charge on any atom is -0.357 e. The summed E-state index contributed by atoms with van der Waals surface area (Å²) in [4.78, 5) is 12.1. The number of thiazole rings is 1. The first-order valence-electron chi connectivity index (χ1n) is 6.06. The molecule has 3 rings (SSSR count). The van der Waals surface area contributed by atoms with Crippen molar-refractivity contribution in [3.05, 3.63) is 23.5 Å². The number of hydrogen-bond acceptors (Lipinski definition) is 7. The SMILES string of the molecule is CNc1ncc(S(=O)(=O)Nc2nc(C3CC3)cs2)cn1. The fourth-order valence-electron chi connectivity index (χ4n) is 1.66. The molecule has 1 aliphatic carbocycles. The van der Waals surface area contributed by atoms with E-state index in [-0.39, 0.29) is 4.90 Å². The predicted octanol–water partition coefficient (Wildman–Crippen LogP) is 1.65. The Kier molecular flexibility index (Phi) is 3.30. The van der Waals surface area contributed by atoms with E-state index in [1.807, 2.05) is 5.38 Å². The van der Waals surface area contributed by atoms with Crippen molar-refractivity contribution >= 4 is 32.4 Å². The fourth-order valence-corrected chi connectivity index (χ4v) is 3.59. The second kappa shape index (κ2) is 4.98. The third kappa shape index (κ3) is 2.73. The molecule has 0 radical (unpaired) electrons. The van der Waals surface area contributed by atoms with Gasteiger partial charge in [0.25, 0.3) is 10.0 Å². The molecule has 0 spiro atoms. The molecule has 20 heavy (non-hydrogen) atoms. The van der Waals surface area contributed by atoms with Crippen molar-refractivity contribution in [1.82, 2.24) is 15.0 Å². The third-order valence-electron chi connectivity index (χ3n) is 2.90. The lowest BCUT2D eigenvalue weighted by Crippen LogP contribution is -2.14. The van der Waals surface area contributed by atoms with Gasteiger partial charge in [-0.2, -0.15) is 0 Å². The van der Waals surface area contributed by atoms with Crippen molar-refractivity contribution in [3.63, 3.8) is 0 Å². The molecule has 2 N–H and O–H groups in total. The Hall–Kier alpha value is -1.74. The molecule has 2 aromatic heterocycles. The first-order valence-corrected chi connectivity index (χ1v) is 8.43. The Morgan fingerprint density at radius 2 is 2.00 bits per heavy atom. The van der Waals surface area contributed by atoms with Crippen LogP contribution in [0, 0.1) is 0 Å². The Morgan fingerprint density at radius 3 is 2.60 bits per heavy atom. The van der Waals surface area contributed by atoms with Gasteiger partial charge in [-0.3, -0.25) is 4.72 Å². The quantitative estimate of drug-likeness (QED) is 0.871. The Bertz CT molecular complexity index is 707. The van der Waals surface area contributed by atoms with Gasteiger partial charge in [-0.1, -0.05) is 0 Å². The second-order valence-corrected chi connectivity index (χ2v) is 6.99. The number of nitrogens with one attached hydrogen (secondary N) is 2. The molecule has 0 saturated heterocycles. The van der Waals surface area contributed by atoms with E-state index in [1.54, 1.807) is 7.05 Å². The van der Waals surface area contributed by atoms with Gasteiger partial charge in [0.2, 0.25) is 5.95 Å². The van der Waals surface area contributed by atoms with Crippen molar-refractivity contribution < 1.29 is 8.42 Å². The van der Waals surface area contributed by atoms with Crippen molar-refractivity contribution in [2.24, 2.45) is 0 Å². The van der Waals surface area contributed by atoms with Crippen LogP contribution in [-0.2, 0) is 10.0 Å². The summed E-state index contributed by atoms with van der Waals surface area (Å²) in [6.45, 7) is 0. The molecule has 1 fully saturated rings. The zero-order valence-corrected chi connectivity index (χ0v) is 12.3. The molecule has 2 heterocycles. The van der Waals surface area contributed by atoms with Crippen LogP contribution in [0.2, 0.25) is 0 Å². The molecule has 1 aliphatic rings. The third-order valence-corrected chi connectivity index (χ3v) is 5.10. The zero-order valence-electron chi connectivity index (χ0n) is 10.7. The van der Waals surface area contributed by atoms with E-state index in [4.69, 9.17) is 0 Å². The lowest BCUT2D eigenvalue weighted by molar-refractivity contribution is 0.600. The van der Waals surface area contributed by atoms with Gasteiger partial charge < -0.3 is 5.32 Å². The van der Waals surface area contributed by atoms with E-state index < -0.39 is 10.0 Å². The molecular weight excluding hydrogens is 298 g/mol. The van der Waals surface area contributed by atoms with Gasteiger partial charge in [0.1, 0.15) is 4.90 Å². The van der Waals surface area contributed by atoms with E-state index in [0.29, 0.717) is 17.0 Å². The van der Waals surface area contributed by atoms with Gasteiger partial charge in [-0.05, 0) is 12.8 Å². The zero-order chi connectivity index (χ0) is 14.2. The summed E-state index contributed by atoms with van der Waals surface area (Å²) < 4.78 is 26.8. The molecule has 0 aliphatic heterocycles. The minimum absolute atomic E-state index is 0.0136. The lowest BCUT2D eigenvalue weighted by Gasteiger charge is -2.04.